The van der Waals surface area contributed by atoms with Crippen molar-refractivity contribution in [1.82, 2.24) is 0 Å². The lowest BCUT2D eigenvalue weighted by atomic mass is 9.87. The molecule has 0 saturated carbocycles. The SMILES string of the molecule is O=C1CSc2ccccc2C1C(=O)c1ccccc1F. The van der Waals surface area contributed by atoms with Crippen LogP contribution in [-0.4, -0.2) is 17.3 Å². The minimum absolute atomic E-state index is 0.0208. The van der Waals surface area contributed by atoms with Gasteiger partial charge in [0.15, 0.2) is 11.6 Å². The van der Waals surface area contributed by atoms with Crippen molar-refractivity contribution in [2.75, 3.05) is 5.75 Å². The molecular weight excluding hydrogens is 275 g/mol. The fourth-order valence-corrected chi connectivity index (χ4v) is 3.35. The minimum atomic E-state index is -0.885. The second-order valence-electron chi connectivity index (χ2n) is 4.57. The van der Waals surface area contributed by atoms with Gasteiger partial charge in [-0.3, -0.25) is 9.59 Å². The van der Waals surface area contributed by atoms with Crippen molar-refractivity contribution in [3.63, 3.8) is 0 Å². The number of halogens is 1. The first-order valence-electron chi connectivity index (χ1n) is 6.21. The number of fused-ring (bicyclic) bond motifs is 1. The molecule has 2 aromatic carbocycles. The molecule has 2 aromatic rings. The fraction of sp³-hybridized carbons (Fsp3) is 0.125. The zero-order chi connectivity index (χ0) is 14.1. The maximum Gasteiger partial charge on any atom is 0.180 e. The molecular formula is C16H11FO2S. The highest BCUT2D eigenvalue weighted by Gasteiger charge is 2.35. The van der Waals surface area contributed by atoms with Gasteiger partial charge < -0.3 is 0 Å². The molecule has 0 amide bonds. The maximum absolute atomic E-state index is 13.8. The van der Waals surface area contributed by atoms with E-state index in [2.05, 4.69) is 0 Å². The average Bonchev–Trinajstić information content (AvgIpc) is 2.47. The van der Waals surface area contributed by atoms with Crippen LogP contribution in [0.2, 0.25) is 0 Å². The number of thioether (sulfide) groups is 1. The number of carbonyl (C=O) groups excluding carboxylic acids is 2. The second kappa shape index (κ2) is 5.21. The molecule has 1 unspecified atom stereocenters. The van der Waals surface area contributed by atoms with Crippen molar-refractivity contribution in [3.8, 4) is 0 Å². The van der Waals surface area contributed by atoms with E-state index < -0.39 is 17.5 Å². The topological polar surface area (TPSA) is 34.1 Å². The number of Topliss-reactive ketones (excluding diaryl/α,β-unsaturated/α-hetero) is 2. The number of rotatable bonds is 2. The summed E-state index contributed by atoms with van der Waals surface area (Å²) in [5, 5.41) is 0. The Morgan fingerprint density at radius 2 is 1.80 bits per heavy atom. The summed E-state index contributed by atoms with van der Waals surface area (Å²) in [6, 6.07) is 13.1. The van der Waals surface area contributed by atoms with Crippen molar-refractivity contribution in [3.05, 3.63) is 65.5 Å². The number of hydrogen-bond acceptors (Lipinski definition) is 3. The summed E-state index contributed by atoms with van der Waals surface area (Å²) in [7, 11) is 0. The highest BCUT2D eigenvalue weighted by atomic mass is 32.2. The molecule has 2 nitrogen and oxygen atoms in total. The molecule has 0 fully saturated rings. The Bertz CT molecular complexity index is 696. The summed E-state index contributed by atoms with van der Waals surface area (Å²) < 4.78 is 13.8. The number of benzene rings is 2. The predicted octanol–water partition coefficient (Wildman–Crippen LogP) is 3.47. The molecule has 20 heavy (non-hydrogen) atoms. The normalized spacial score (nSPS) is 17.6. The first-order valence-corrected chi connectivity index (χ1v) is 7.20. The van der Waals surface area contributed by atoms with E-state index in [1.807, 2.05) is 12.1 Å². The van der Waals surface area contributed by atoms with Crippen LogP contribution in [0.25, 0.3) is 0 Å². The second-order valence-corrected chi connectivity index (χ2v) is 5.59. The molecule has 0 radical (unpaired) electrons. The third-order valence-corrected chi connectivity index (χ3v) is 4.44. The Labute approximate surface area is 120 Å². The van der Waals surface area contributed by atoms with Crippen LogP contribution in [0, 0.1) is 5.82 Å². The van der Waals surface area contributed by atoms with Crippen LogP contribution >= 0.6 is 11.8 Å². The highest BCUT2D eigenvalue weighted by Crippen LogP contribution is 2.37. The van der Waals surface area contributed by atoms with Crippen LogP contribution in [0.4, 0.5) is 4.39 Å². The molecule has 4 heteroatoms. The lowest BCUT2D eigenvalue weighted by molar-refractivity contribution is -0.117. The summed E-state index contributed by atoms with van der Waals surface area (Å²) in [5.74, 6) is -1.84. The zero-order valence-electron chi connectivity index (χ0n) is 10.5. The zero-order valence-corrected chi connectivity index (χ0v) is 11.3. The highest BCUT2D eigenvalue weighted by molar-refractivity contribution is 8.00. The molecule has 1 atom stereocenters. The molecule has 0 spiro atoms. The average molecular weight is 286 g/mol. The standard InChI is InChI=1S/C16H11FO2S/c17-12-7-3-1-5-10(12)16(19)15-11-6-2-4-8-14(11)20-9-13(15)18/h1-8,15H,9H2. The summed E-state index contributed by atoms with van der Waals surface area (Å²) in [6.07, 6.45) is 0. The van der Waals surface area contributed by atoms with Gasteiger partial charge in [-0.15, -0.1) is 11.8 Å². The molecule has 1 aliphatic heterocycles. The molecule has 0 N–H and O–H groups in total. The summed E-state index contributed by atoms with van der Waals surface area (Å²) in [5.41, 5.74) is 0.662. The van der Waals surface area contributed by atoms with Gasteiger partial charge in [-0.25, -0.2) is 4.39 Å². The van der Waals surface area contributed by atoms with Crippen molar-refractivity contribution in [2.24, 2.45) is 0 Å². The Balaban J connectivity index is 2.08. The number of carbonyl (C=O) groups is 2. The Kier molecular flexibility index (Phi) is 3.40. The van der Waals surface area contributed by atoms with E-state index >= 15 is 0 Å². The lowest BCUT2D eigenvalue weighted by Gasteiger charge is -2.22. The Morgan fingerprint density at radius 3 is 2.60 bits per heavy atom. The van der Waals surface area contributed by atoms with Crippen LogP contribution in [-0.2, 0) is 4.79 Å². The predicted molar refractivity (Wildman–Crippen MR) is 75.6 cm³/mol. The molecule has 0 bridgehead atoms. The van der Waals surface area contributed by atoms with Gasteiger partial charge in [0.05, 0.1) is 11.3 Å². The first-order chi connectivity index (χ1) is 9.68. The Morgan fingerprint density at radius 1 is 1.10 bits per heavy atom. The molecule has 1 aliphatic rings. The van der Waals surface area contributed by atoms with Crippen LogP contribution in [0.3, 0.4) is 0 Å². The summed E-state index contributed by atoms with van der Waals surface area (Å²) >= 11 is 1.42. The van der Waals surface area contributed by atoms with E-state index in [4.69, 9.17) is 0 Å². The van der Waals surface area contributed by atoms with E-state index in [0.717, 1.165) is 4.90 Å². The van der Waals surface area contributed by atoms with Crippen molar-refractivity contribution >= 4 is 23.3 Å². The summed E-state index contributed by atoms with van der Waals surface area (Å²) in [6.45, 7) is 0. The maximum atomic E-state index is 13.8. The van der Waals surface area contributed by atoms with Gasteiger partial charge in [-0.2, -0.15) is 0 Å². The van der Waals surface area contributed by atoms with Gasteiger partial charge in [0, 0.05) is 4.90 Å². The fourth-order valence-electron chi connectivity index (χ4n) is 2.36. The molecule has 0 saturated heterocycles. The van der Waals surface area contributed by atoms with Crippen LogP contribution in [0.5, 0.6) is 0 Å². The van der Waals surface area contributed by atoms with Crippen molar-refractivity contribution in [1.29, 1.82) is 0 Å². The van der Waals surface area contributed by atoms with Gasteiger partial charge in [0.1, 0.15) is 11.7 Å². The largest absolute Gasteiger partial charge is 0.298 e. The van der Waals surface area contributed by atoms with Gasteiger partial charge in [0.2, 0.25) is 0 Å². The monoisotopic (exact) mass is 286 g/mol. The lowest BCUT2D eigenvalue weighted by Crippen LogP contribution is -2.27. The van der Waals surface area contributed by atoms with Crippen LogP contribution in [0.15, 0.2) is 53.4 Å². The van der Waals surface area contributed by atoms with E-state index in [9.17, 15) is 14.0 Å². The number of ketones is 2. The minimum Gasteiger partial charge on any atom is -0.298 e. The van der Waals surface area contributed by atoms with Crippen molar-refractivity contribution in [2.45, 2.75) is 10.8 Å². The van der Waals surface area contributed by atoms with E-state index in [0.29, 0.717) is 5.56 Å². The van der Waals surface area contributed by atoms with Crippen molar-refractivity contribution < 1.29 is 14.0 Å². The number of hydrogen-bond donors (Lipinski definition) is 0. The van der Waals surface area contributed by atoms with E-state index in [-0.39, 0.29) is 17.1 Å². The third-order valence-electron chi connectivity index (χ3n) is 3.32. The van der Waals surface area contributed by atoms with Crippen LogP contribution in [0.1, 0.15) is 21.8 Å². The van der Waals surface area contributed by atoms with Gasteiger partial charge in [0.25, 0.3) is 0 Å². The van der Waals surface area contributed by atoms with Gasteiger partial charge in [-0.05, 0) is 23.8 Å². The molecule has 1 heterocycles. The van der Waals surface area contributed by atoms with E-state index in [1.54, 1.807) is 18.2 Å². The van der Waals surface area contributed by atoms with Crippen LogP contribution < -0.4 is 0 Å². The molecule has 0 aromatic heterocycles. The first kappa shape index (κ1) is 13.1. The Hall–Kier alpha value is -1.94. The van der Waals surface area contributed by atoms with Gasteiger partial charge >= 0.3 is 0 Å². The molecule has 100 valence electrons. The van der Waals surface area contributed by atoms with Gasteiger partial charge in [-0.1, -0.05) is 30.3 Å². The smallest absolute Gasteiger partial charge is 0.180 e. The summed E-state index contributed by atoms with van der Waals surface area (Å²) in [4.78, 5) is 25.6. The third kappa shape index (κ3) is 2.16. The quantitative estimate of drug-likeness (QED) is 0.626. The van der Waals surface area contributed by atoms with E-state index in [1.165, 1.54) is 30.0 Å². The molecule has 3 rings (SSSR count). The molecule has 0 aliphatic carbocycles.